The second-order valence-electron chi connectivity index (χ2n) is 16.5. The second kappa shape index (κ2) is 14.9. The van der Waals surface area contributed by atoms with Gasteiger partial charge in [0.1, 0.15) is 11.3 Å². The molecule has 0 amide bonds. The monoisotopic (exact) mass is 762 g/mol. The zero-order chi connectivity index (χ0) is 40.4. The lowest BCUT2D eigenvalue weighted by Crippen LogP contribution is -2.15. The SMILES string of the molecule is CCCc1cc2c(C)nc3c(-c4c(C)cc(C)cc4C)c(C)nn3c2n1CCOCCn1c(CCC)cc2c(C)nc3c(-c4c(C)cc(C)cc4C)c(C)nn3c21. The van der Waals surface area contributed by atoms with E-state index in [9.17, 15) is 0 Å². The van der Waals surface area contributed by atoms with Gasteiger partial charge in [0.15, 0.2) is 11.3 Å². The van der Waals surface area contributed by atoms with Gasteiger partial charge in [-0.15, -0.1) is 0 Å². The Kier molecular flexibility index (Phi) is 10.1. The van der Waals surface area contributed by atoms with Gasteiger partial charge in [0, 0.05) is 35.2 Å². The van der Waals surface area contributed by atoms with Gasteiger partial charge >= 0.3 is 0 Å². The Morgan fingerprint density at radius 1 is 0.474 bits per heavy atom. The first-order valence-electron chi connectivity index (χ1n) is 20.8. The molecule has 9 heteroatoms. The fourth-order valence-electron chi connectivity index (χ4n) is 9.71. The van der Waals surface area contributed by atoms with E-state index in [0.29, 0.717) is 13.2 Å². The van der Waals surface area contributed by atoms with E-state index in [0.717, 1.165) is 106 Å². The van der Waals surface area contributed by atoms with Gasteiger partial charge in [-0.25, -0.2) is 9.97 Å². The van der Waals surface area contributed by atoms with Crippen molar-refractivity contribution in [1.82, 2.24) is 38.3 Å². The van der Waals surface area contributed by atoms with Crippen LogP contribution in [0.25, 0.3) is 55.6 Å². The number of nitrogens with zero attached hydrogens (tertiary/aromatic N) is 8. The van der Waals surface area contributed by atoms with E-state index in [2.05, 4.69) is 138 Å². The minimum Gasteiger partial charge on any atom is -0.378 e. The highest BCUT2D eigenvalue weighted by molar-refractivity contribution is 5.91. The van der Waals surface area contributed by atoms with Crippen molar-refractivity contribution >= 4 is 33.4 Å². The average molecular weight is 763 g/mol. The molecule has 6 aromatic heterocycles. The summed E-state index contributed by atoms with van der Waals surface area (Å²) >= 11 is 0. The van der Waals surface area contributed by atoms with Crippen molar-refractivity contribution in [3.8, 4) is 22.3 Å². The Balaban J connectivity index is 1.13. The van der Waals surface area contributed by atoms with Gasteiger partial charge < -0.3 is 13.9 Å². The molecule has 0 atom stereocenters. The minimum atomic E-state index is 0.585. The van der Waals surface area contributed by atoms with Crippen LogP contribution in [0.3, 0.4) is 0 Å². The molecule has 0 bridgehead atoms. The van der Waals surface area contributed by atoms with Crippen molar-refractivity contribution in [2.24, 2.45) is 0 Å². The number of aryl methyl sites for hydroxylation is 12. The highest BCUT2D eigenvalue weighted by Crippen LogP contribution is 2.38. The van der Waals surface area contributed by atoms with Crippen molar-refractivity contribution < 1.29 is 4.74 Å². The first-order valence-corrected chi connectivity index (χ1v) is 20.8. The largest absolute Gasteiger partial charge is 0.378 e. The molecule has 0 aliphatic rings. The Bertz CT molecular complexity index is 2620. The molecular formula is C48H58N8O. The number of benzene rings is 2. The molecular weight excluding hydrogens is 705 g/mol. The van der Waals surface area contributed by atoms with Crippen molar-refractivity contribution in [2.45, 2.75) is 122 Å². The van der Waals surface area contributed by atoms with Crippen molar-refractivity contribution in [2.75, 3.05) is 13.2 Å². The summed E-state index contributed by atoms with van der Waals surface area (Å²) in [4.78, 5) is 10.4. The van der Waals surface area contributed by atoms with Gasteiger partial charge in [0.25, 0.3) is 0 Å². The smallest absolute Gasteiger partial charge is 0.165 e. The van der Waals surface area contributed by atoms with Crippen LogP contribution in [0.15, 0.2) is 36.4 Å². The van der Waals surface area contributed by atoms with E-state index in [1.807, 2.05) is 0 Å². The molecule has 0 aliphatic heterocycles. The molecule has 296 valence electrons. The molecule has 9 nitrogen and oxygen atoms in total. The first-order chi connectivity index (χ1) is 27.3. The normalized spacial score (nSPS) is 12.1. The van der Waals surface area contributed by atoms with Crippen LogP contribution in [0.1, 0.15) is 94.2 Å². The Morgan fingerprint density at radius 2 is 0.842 bits per heavy atom. The topological polar surface area (TPSA) is 79.5 Å². The number of hydrogen-bond donors (Lipinski definition) is 0. The lowest BCUT2D eigenvalue weighted by Gasteiger charge is -2.14. The lowest BCUT2D eigenvalue weighted by molar-refractivity contribution is 0.119. The molecule has 0 spiro atoms. The molecule has 57 heavy (non-hydrogen) atoms. The van der Waals surface area contributed by atoms with Crippen LogP contribution < -0.4 is 0 Å². The van der Waals surface area contributed by atoms with E-state index < -0.39 is 0 Å². The van der Waals surface area contributed by atoms with Gasteiger partial charge in [-0.05, 0) is 128 Å². The Morgan fingerprint density at radius 3 is 1.19 bits per heavy atom. The molecule has 8 rings (SSSR count). The van der Waals surface area contributed by atoms with E-state index in [-0.39, 0.29) is 0 Å². The van der Waals surface area contributed by atoms with Crippen LogP contribution in [-0.4, -0.2) is 51.5 Å². The number of aromatic nitrogens is 8. The number of ether oxygens (including phenoxy) is 1. The van der Waals surface area contributed by atoms with Gasteiger partial charge in [-0.1, -0.05) is 62.1 Å². The number of rotatable bonds is 12. The summed E-state index contributed by atoms with van der Waals surface area (Å²) < 4.78 is 15.6. The first kappa shape index (κ1) is 38.6. The third kappa shape index (κ3) is 6.44. The Labute approximate surface area is 336 Å². The fraction of sp³-hybridized carbons (Fsp3) is 0.417. The maximum Gasteiger partial charge on any atom is 0.165 e. The van der Waals surface area contributed by atoms with Gasteiger partial charge in [0.2, 0.25) is 0 Å². The van der Waals surface area contributed by atoms with Crippen LogP contribution in [-0.2, 0) is 30.7 Å². The number of hydrogen-bond acceptors (Lipinski definition) is 5. The third-order valence-corrected chi connectivity index (χ3v) is 11.9. The lowest BCUT2D eigenvalue weighted by atomic mass is 9.94. The summed E-state index contributed by atoms with van der Waals surface area (Å²) in [6, 6.07) is 13.7. The van der Waals surface area contributed by atoms with Crippen molar-refractivity contribution in [1.29, 1.82) is 0 Å². The molecule has 0 radical (unpaired) electrons. The highest BCUT2D eigenvalue weighted by atomic mass is 16.5. The van der Waals surface area contributed by atoms with Crippen LogP contribution in [0, 0.1) is 69.2 Å². The highest BCUT2D eigenvalue weighted by Gasteiger charge is 2.25. The quantitative estimate of drug-likeness (QED) is 0.116. The molecule has 0 fully saturated rings. The predicted octanol–water partition coefficient (Wildman–Crippen LogP) is 10.7. The molecule has 0 saturated carbocycles. The summed E-state index contributed by atoms with van der Waals surface area (Å²) in [5.41, 5.74) is 22.9. The van der Waals surface area contributed by atoms with Crippen molar-refractivity contribution in [3.63, 3.8) is 0 Å². The maximum atomic E-state index is 6.58. The van der Waals surface area contributed by atoms with Gasteiger partial charge in [-0.2, -0.15) is 19.2 Å². The summed E-state index contributed by atoms with van der Waals surface area (Å²) in [5, 5.41) is 12.7. The molecule has 0 unspecified atom stereocenters. The number of fused-ring (bicyclic) bond motifs is 6. The predicted molar refractivity (Wildman–Crippen MR) is 234 cm³/mol. The zero-order valence-corrected chi connectivity index (χ0v) is 36.1. The van der Waals surface area contributed by atoms with Crippen LogP contribution in [0.2, 0.25) is 0 Å². The second-order valence-corrected chi connectivity index (χ2v) is 16.5. The average Bonchev–Trinajstić information content (AvgIpc) is 3.86. The standard InChI is InChI=1S/C48H58N8O/c1-13-15-37-25-39-33(9)49-45-43(41-29(5)21-27(3)22-30(41)6)35(11)51-55(45)47(39)53(37)17-19-57-20-18-54-38(16-14-2)26-40-34(10)50-46-44(36(12)52-56(46)48(40)54)42-31(7)23-28(4)24-32(42)8/h21-26H,13-20H2,1-12H3. The summed E-state index contributed by atoms with van der Waals surface area (Å²) in [7, 11) is 0. The van der Waals surface area contributed by atoms with Crippen molar-refractivity contribution in [3.05, 3.63) is 104 Å². The maximum absolute atomic E-state index is 6.58. The summed E-state index contributed by atoms with van der Waals surface area (Å²) in [5.74, 6) is 0. The van der Waals surface area contributed by atoms with Gasteiger partial charge in [-0.3, -0.25) is 0 Å². The van der Waals surface area contributed by atoms with E-state index >= 15 is 0 Å². The summed E-state index contributed by atoms with van der Waals surface area (Å²) in [6.45, 7) is 28.7. The zero-order valence-electron chi connectivity index (χ0n) is 36.1. The molecule has 0 saturated heterocycles. The van der Waals surface area contributed by atoms with Crippen LogP contribution >= 0.6 is 0 Å². The molecule has 8 aromatic rings. The molecule has 0 N–H and O–H groups in total. The fourth-order valence-corrected chi connectivity index (χ4v) is 9.71. The van der Waals surface area contributed by atoms with E-state index in [1.54, 1.807) is 0 Å². The molecule has 0 aliphatic carbocycles. The minimum absolute atomic E-state index is 0.585. The van der Waals surface area contributed by atoms with Gasteiger partial charge in [0.05, 0.1) is 47.1 Å². The molecule has 6 heterocycles. The van der Waals surface area contributed by atoms with Crippen LogP contribution in [0.4, 0.5) is 0 Å². The van der Waals surface area contributed by atoms with E-state index in [4.69, 9.17) is 24.9 Å². The summed E-state index contributed by atoms with van der Waals surface area (Å²) in [6.07, 6.45) is 4.06. The van der Waals surface area contributed by atoms with E-state index in [1.165, 1.54) is 55.9 Å². The van der Waals surface area contributed by atoms with Crippen LogP contribution in [0.5, 0.6) is 0 Å². The third-order valence-electron chi connectivity index (χ3n) is 11.9. The Hall–Kier alpha value is -5.28. The molecule has 2 aromatic carbocycles.